The number of aliphatic hydroxyl groups excluding tert-OH is 1. The minimum absolute atomic E-state index is 0.312. The molecule has 0 amide bonds. The van der Waals surface area contributed by atoms with E-state index >= 15 is 0 Å². The average molecular weight is 237 g/mol. The van der Waals surface area contributed by atoms with Crippen LogP contribution in [0.2, 0.25) is 0 Å². The molecule has 1 aromatic carbocycles. The summed E-state index contributed by atoms with van der Waals surface area (Å²) in [5.41, 5.74) is 2.28. The van der Waals surface area contributed by atoms with E-state index in [0.717, 1.165) is 24.3 Å². The van der Waals surface area contributed by atoms with Crippen molar-refractivity contribution in [2.45, 2.75) is 25.9 Å². The number of hydrogen-bond acceptors (Lipinski definition) is 3. The fourth-order valence-corrected chi connectivity index (χ4v) is 1.83. The molecule has 0 radical (unpaired) electrons. The molecule has 0 aliphatic carbocycles. The van der Waals surface area contributed by atoms with Crippen molar-refractivity contribution in [2.75, 3.05) is 27.7 Å². The average Bonchev–Trinajstić information content (AvgIpc) is 2.27. The highest BCUT2D eigenvalue weighted by Gasteiger charge is 2.10. The molecule has 3 heteroatoms. The van der Waals surface area contributed by atoms with E-state index in [1.165, 1.54) is 5.56 Å². The van der Waals surface area contributed by atoms with Gasteiger partial charge in [-0.3, -0.25) is 0 Å². The molecule has 96 valence electrons. The topological polar surface area (TPSA) is 32.7 Å². The number of aryl methyl sites for hydroxylation is 1. The smallest absolute Gasteiger partial charge is 0.122 e. The summed E-state index contributed by atoms with van der Waals surface area (Å²) in [6.07, 6.45) is 1.12. The van der Waals surface area contributed by atoms with Crippen molar-refractivity contribution in [3.8, 4) is 5.75 Å². The van der Waals surface area contributed by atoms with Gasteiger partial charge in [0.2, 0.25) is 0 Å². The van der Waals surface area contributed by atoms with Crippen LogP contribution < -0.4 is 4.74 Å². The van der Waals surface area contributed by atoms with Crippen molar-refractivity contribution < 1.29 is 9.84 Å². The Balaban J connectivity index is 2.63. The molecule has 1 aromatic rings. The van der Waals surface area contributed by atoms with Crippen LogP contribution in [-0.4, -0.2) is 43.9 Å². The zero-order chi connectivity index (χ0) is 12.8. The first-order chi connectivity index (χ1) is 8.02. The Hall–Kier alpha value is -1.06. The maximum Gasteiger partial charge on any atom is 0.122 e. The van der Waals surface area contributed by atoms with Crippen molar-refractivity contribution >= 4 is 0 Å². The zero-order valence-electron chi connectivity index (χ0n) is 11.2. The van der Waals surface area contributed by atoms with Gasteiger partial charge in [-0.2, -0.15) is 0 Å². The second-order valence-electron chi connectivity index (χ2n) is 4.77. The van der Waals surface area contributed by atoms with Crippen molar-refractivity contribution in [1.29, 1.82) is 0 Å². The van der Waals surface area contributed by atoms with E-state index in [-0.39, 0.29) is 6.10 Å². The molecular weight excluding hydrogens is 214 g/mol. The van der Waals surface area contributed by atoms with Gasteiger partial charge < -0.3 is 14.7 Å². The quantitative estimate of drug-likeness (QED) is 0.819. The Labute approximate surface area is 104 Å². The number of aliphatic hydroxyl groups is 1. The fraction of sp³-hybridized carbons (Fsp3) is 0.571. The number of ether oxygens (including phenoxy) is 1. The minimum Gasteiger partial charge on any atom is -0.496 e. The van der Waals surface area contributed by atoms with Crippen molar-refractivity contribution in [3.05, 3.63) is 29.3 Å². The van der Waals surface area contributed by atoms with E-state index in [4.69, 9.17) is 4.74 Å². The standard InChI is InChI=1S/C14H23NO2/c1-11-5-6-14(17-4)12(9-11)10-13(16)7-8-15(2)3/h5-6,9,13,16H,7-8,10H2,1-4H3. The maximum atomic E-state index is 9.98. The van der Waals surface area contributed by atoms with Gasteiger partial charge in [-0.25, -0.2) is 0 Å². The van der Waals surface area contributed by atoms with Crippen LogP contribution in [0.15, 0.2) is 18.2 Å². The largest absolute Gasteiger partial charge is 0.496 e. The second kappa shape index (κ2) is 6.62. The molecule has 1 atom stereocenters. The van der Waals surface area contributed by atoms with Gasteiger partial charge >= 0.3 is 0 Å². The van der Waals surface area contributed by atoms with Crippen LogP contribution in [0.4, 0.5) is 0 Å². The van der Waals surface area contributed by atoms with Crippen LogP contribution in [-0.2, 0) is 6.42 Å². The highest BCUT2D eigenvalue weighted by molar-refractivity contribution is 5.37. The van der Waals surface area contributed by atoms with Crippen LogP contribution in [0.1, 0.15) is 17.5 Å². The monoisotopic (exact) mass is 237 g/mol. The van der Waals surface area contributed by atoms with Crippen LogP contribution in [0, 0.1) is 6.92 Å². The first kappa shape index (κ1) is 14.0. The molecule has 0 saturated carbocycles. The molecule has 0 aromatic heterocycles. The number of nitrogens with zero attached hydrogens (tertiary/aromatic N) is 1. The van der Waals surface area contributed by atoms with Crippen LogP contribution in [0.5, 0.6) is 5.75 Å². The molecule has 0 heterocycles. The summed E-state index contributed by atoms with van der Waals surface area (Å²) in [6, 6.07) is 6.07. The number of rotatable bonds is 6. The van der Waals surface area contributed by atoms with Crippen molar-refractivity contribution in [3.63, 3.8) is 0 Å². The normalized spacial score (nSPS) is 12.8. The molecule has 1 unspecified atom stereocenters. The van der Waals surface area contributed by atoms with Gasteiger partial charge in [0, 0.05) is 6.42 Å². The molecule has 17 heavy (non-hydrogen) atoms. The molecular formula is C14H23NO2. The Morgan fingerprint density at radius 3 is 2.65 bits per heavy atom. The van der Waals surface area contributed by atoms with E-state index in [1.807, 2.05) is 26.2 Å². The third kappa shape index (κ3) is 4.75. The Morgan fingerprint density at radius 2 is 2.06 bits per heavy atom. The Kier molecular flexibility index (Phi) is 5.45. The summed E-state index contributed by atoms with van der Waals surface area (Å²) in [6.45, 7) is 2.95. The number of methoxy groups -OCH3 is 1. The molecule has 3 nitrogen and oxygen atoms in total. The summed E-state index contributed by atoms with van der Waals surface area (Å²) in [4.78, 5) is 2.08. The summed E-state index contributed by atoms with van der Waals surface area (Å²) in [5.74, 6) is 0.861. The number of benzene rings is 1. The van der Waals surface area contributed by atoms with Crippen LogP contribution in [0.3, 0.4) is 0 Å². The molecule has 0 aliphatic rings. The van der Waals surface area contributed by atoms with Gasteiger partial charge in [-0.15, -0.1) is 0 Å². The lowest BCUT2D eigenvalue weighted by Gasteiger charge is -2.16. The molecule has 0 fully saturated rings. The minimum atomic E-state index is -0.312. The van der Waals surface area contributed by atoms with Gasteiger partial charge in [0.05, 0.1) is 13.2 Å². The lowest BCUT2D eigenvalue weighted by atomic mass is 10.0. The zero-order valence-corrected chi connectivity index (χ0v) is 11.2. The van der Waals surface area contributed by atoms with Crippen LogP contribution in [0.25, 0.3) is 0 Å². The van der Waals surface area contributed by atoms with Crippen LogP contribution >= 0.6 is 0 Å². The van der Waals surface area contributed by atoms with Crippen molar-refractivity contribution in [2.24, 2.45) is 0 Å². The molecule has 0 bridgehead atoms. The van der Waals surface area contributed by atoms with E-state index in [9.17, 15) is 5.11 Å². The highest BCUT2D eigenvalue weighted by Crippen LogP contribution is 2.21. The van der Waals surface area contributed by atoms with E-state index in [2.05, 4.69) is 17.9 Å². The Morgan fingerprint density at radius 1 is 1.35 bits per heavy atom. The first-order valence-corrected chi connectivity index (χ1v) is 5.99. The van der Waals surface area contributed by atoms with Gasteiger partial charge in [-0.05, 0) is 45.6 Å². The fourth-order valence-electron chi connectivity index (χ4n) is 1.83. The molecule has 0 saturated heterocycles. The Bertz CT molecular complexity index is 350. The summed E-state index contributed by atoms with van der Waals surface area (Å²) in [7, 11) is 5.69. The predicted octanol–water partition coefficient (Wildman–Crippen LogP) is 1.86. The SMILES string of the molecule is COc1ccc(C)cc1CC(O)CCN(C)C. The van der Waals surface area contributed by atoms with E-state index < -0.39 is 0 Å². The second-order valence-corrected chi connectivity index (χ2v) is 4.77. The van der Waals surface area contributed by atoms with Gasteiger partial charge in [0.25, 0.3) is 0 Å². The summed E-state index contributed by atoms with van der Waals surface area (Å²) < 4.78 is 5.31. The van der Waals surface area contributed by atoms with Gasteiger partial charge in [-0.1, -0.05) is 17.7 Å². The molecule has 0 aliphatic heterocycles. The highest BCUT2D eigenvalue weighted by atomic mass is 16.5. The summed E-state index contributed by atoms with van der Waals surface area (Å²) >= 11 is 0. The molecule has 0 spiro atoms. The molecule has 1 N–H and O–H groups in total. The van der Waals surface area contributed by atoms with Crippen molar-refractivity contribution in [1.82, 2.24) is 4.90 Å². The maximum absolute atomic E-state index is 9.98. The third-order valence-electron chi connectivity index (χ3n) is 2.80. The predicted molar refractivity (Wildman–Crippen MR) is 70.6 cm³/mol. The number of hydrogen-bond donors (Lipinski definition) is 1. The lowest BCUT2D eigenvalue weighted by Crippen LogP contribution is -2.21. The van der Waals surface area contributed by atoms with Gasteiger partial charge in [0.1, 0.15) is 5.75 Å². The van der Waals surface area contributed by atoms with Gasteiger partial charge in [0.15, 0.2) is 0 Å². The van der Waals surface area contributed by atoms with E-state index in [0.29, 0.717) is 6.42 Å². The lowest BCUT2D eigenvalue weighted by molar-refractivity contribution is 0.151. The summed E-state index contributed by atoms with van der Waals surface area (Å²) in [5, 5.41) is 9.98. The van der Waals surface area contributed by atoms with E-state index in [1.54, 1.807) is 7.11 Å². The third-order valence-corrected chi connectivity index (χ3v) is 2.80. The molecule has 1 rings (SSSR count). The first-order valence-electron chi connectivity index (χ1n) is 5.99.